The molecule has 2 nitrogen and oxygen atoms in total. The van der Waals surface area contributed by atoms with Crippen molar-refractivity contribution in [3.8, 4) is 0 Å². The molecule has 0 spiro atoms. The molecule has 1 aliphatic heterocycles. The van der Waals surface area contributed by atoms with Crippen LogP contribution in [0.2, 0.25) is 0 Å². The fourth-order valence-corrected chi connectivity index (χ4v) is 2.38. The molecule has 0 radical (unpaired) electrons. The Kier molecular flexibility index (Phi) is 2.85. The van der Waals surface area contributed by atoms with E-state index in [9.17, 15) is 0 Å². The van der Waals surface area contributed by atoms with Crippen LogP contribution < -0.4 is 4.90 Å². The second kappa shape index (κ2) is 4.65. The lowest BCUT2D eigenvalue weighted by Crippen LogP contribution is -2.21. The summed E-state index contributed by atoms with van der Waals surface area (Å²) >= 11 is 0. The van der Waals surface area contributed by atoms with E-state index in [1.807, 2.05) is 30.3 Å². The van der Waals surface area contributed by atoms with Crippen molar-refractivity contribution in [2.45, 2.75) is 6.92 Å². The lowest BCUT2D eigenvalue weighted by atomic mass is 10.1. The standard InChI is InChI=1S/C16H16N2/c1-2-18-12-15(14-10-6-7-11-16(14)18)17-13-8-4-3-5-9-13/h3-11H,2,12H2,1H3. The maximum atomic E-state index is 4.77. The van der Waals surface area contributed by atoms with Crippen molar-refractivity contribution < 1.29 is 0 Å². The molecule has 18 heavy (non-hydrogen) atoms. The number of fused-ring (bicyclic) bond motifs is 1. The Morgan fingerprint density at radius 1 is 1.00 bits per heavy atom. The molecule has 2 heteroatoms. The number of hydrogen-bond acceptors (Lipinski definition) is 2. The van der Waals surface area contributed by atoms with Crippen LogP contribution in [0.25, 0.3) is 0 Å². The molecule has 0 bridgehead atoms. The smallest absolute Gasteiger partial charge is 0.0697 e. The number of rotatable bonds is 2. The fraction of sp³-hybridized carbons (Fsp3) is 0.188. The molecule has 0 fully saturated rings. The molecule has 0 atom stereocenters. The molecule has 0 aliphatic carbocycles. The van der Waals surface area contributed by atoms with Gasteiger partial charge < -0.3 is 4.90 Å². The lowest BCUT2D eigenvalue weighted by molar-refractivity contribution is 0.945. The number of hydrogen-bond donors (Lipinski definition) is 0. The topological polar surface area (TPSA) is 15.6 Å². The summed E-state index contributed by atoms with van der Waals surface area (Å²) in [6, 6.07) is 18.7. The third-order valence-corrected chi connectivity index (χ3v) is 3.30. The first-order valence-electron chi connectivity index (χ1n) is 6.35. The first-order valence-corrected chi connectivity index (χ1v) is 6.35. The number of nitrogens with zero attached hydrogens (tertiary/aromatic N) is 2. The summed E-state index contributed by atoms with van der Waals surface area (Å²) in [6.45, 7) is 4.11. The molecule has 3 rings (SSSR count). The van der Waals surface area contributed by atoms with E-state index >= 15 is 0 Å². The maximum Gasteiger partial charge on any atom is 0.0697 e. The molecular weight excluding hydrogens is 220 g/mol. The van der Waals surface area contributed by atoms with Gasteiger partial charge in [-0.05, 0) is 25.1 Å². The highest BCUT2D eigenvalue weighted by Crippen LogP contribution is 2.29. The first kappa shape index (κ1) is 11.0. The average molecular weight is 236 g/mol. The maximum absolute atomic E-state index is 4.77. The molecule has 2 aromatic rings. The van der Waals surface area contributed by atoms with Gasteiger partial charge in [0.1, 0.15) is 0 Å². The van der Waals surface area contributed by atoms with Gasteiger partial charge in [0.15, 0.2) is 0 Å². The van der Waals surface area contributed by atoms with Crippen molar-refractivity contribution >= 4 is 17.1 Å². The van der Waals surface area contributed by atoms with Crippen LogP contribution in [-0.2, 0) is 0 Å². The minimum atomic E-state index is 0.907. The van der Waals surface area contributed by atoms with Crippen LogP contribution in [0.3, 0.4) is 0 Å². The Hall–Kier alpha value is -2.09. The molecule has 90 valence electrons. The molecule has 0 saturated heterocycles. The number of aliphatic imine (C=N–C) groups is 1. The van der Waals surface area contributed by atoms with Gasteiger partial charge in [-0.2, -0.15) is 0 Å². The van der Waals surface area contributed by atoms with Crippen LogP contribution >= 0.6 is 0 Å². The van der Waals surface area contributed by atoms with Crippen LogP contribution in [0.1, 0.15) is 12.5 Å². The first-order chi connectivity index (χ1) is 8.88. The minimum Gasteiger partial charge on any atom is -0.365 e. The molecule has 0 aromatic heterocycles. The van der Waals surface area contributed by atoms with Crippen LogP contribution in [0.5, 0.6) is 0 Å². The summed E-state index contributed by atoms with van der Waals surface area (Å²) in [4.78, 5) is 7.13. The predicted octanol–water partition coefficient (Wildman–Crippen LogP) is 3.65. The van der Waals surface area contributed by atoms with Crippen LogP contribution in [0, 0.1) is 0 Å². The van der Waals surface area contributed by atoms with Crippen molar-refractivity contribution in [1.29, 1.82) is 0 Å². The van der Waals surface area contributed by atoms with Gasteiger partial charge in [-0.25, -0.2) is 0 Å². The van der Waals surface area contributed by atoms with Crippen molar-refractivity contribution in [1.82, 2.24) is 0 Å². The Morgan fingerprint density at radius 2 is 1.72 bits per heavy atom. The molecule has 1 heterocycles. The Morgan fingerprint density at radius 3 is 2.50 bits per heavy atom. The Labute approximate surface area is 108 Å². The van der Waals surface area contributed by atoms with E-state index < -0.39 is 0 Å². The van der Waals surface area contributed by atoms with Gasteiger partial charge in [0.05, 0.1) is 17.9 Å². The normalized spacial score (nSPS) is 16.1. The summed E-state index contributed by atoms with van der Waals surface area (Å²) in [5.74, 6) is 0. The van der Waals surface area contributed by atoms with E-state index in [0.29, 0.717) is 0 Å². The molecule has 0 N–H and O–H groups in total. The van der Waals surface area contributed by atoms with Crippen molar-refractivity contribution in [2.75, 3.05) is 18.0 Å². The van der Waals surface area contributed by atoms with Gasteiger partial charge in [-0.3, -0.25) is 4.99 Å². The SMILES string of the molecule is CCN1CC(=Nc2ccccc2)c2ccccc21. The molecule has 0 unspecified atom stereocenters. The number of anilines is 1. The van der Waals surface area contributed by atoms with Gasteiger partial charge in [-0.1, -0.05) is 36.4 Å². The van der Waals surface area contributed by atoms with Gasteiger partial charge in [0, 0.05) is 17.8 Å². The van der Waals surface area contributed by atoms with Crippen molar-refractivity contribution in [3.05, 3.63) is 60.2 Å². The number of benzene rings is 2. The van der Waals surface area contributed by atoms with E-state index in [4.69, 9.17) is 4.99 Å². The second-order valence-electron chi connectivity index (χ2n) is 4.43. The van der Waals surface area contributed by atoms with E-state index in [0.717, 1.165) is 18.8 Å². The van der Waals surface area contributed by atoms with E-state index in [2.05, 4.69) is 36.1 Å². The average Bonchev–Trinajstić information content (AvgIpc) is 2.78. The summed E-state index contributed by atoms with van der Waals surface area (Å²) in [5.41, 5.74) is 4.76. The summed E-state index contributed by atoms with van der Waals surface area (Å²) < 4.78 is 0. The largest absolute Gasteiger partial charge is 0.365 e. The lowest BCUT2D eigenvalue weighted by Gasteiger charge is -2.15. The molecule has 1 aliphatic rings. The van der Waals surface area contributed by atoms with Crippen LogP contribution in [0.4, 0.5) is 11.4 Å². The minimum absolute atomic E-state index is 0.907. The van der Waals surface area contributed by atoms with Crippen molar-refractivity contribution in [3.63, 3.8) is 0 Å². The van der Waals surface area contributed by atoms with Crippen LogP contribution in [0.15, 0.2) is 59.6 Å². The summed E-state index contributed by atoms with van der Waals surface area (Å²) in [7, 11) is 0. The summed E-state index contributed by atoms with van der Waals surface area (Å²) in [6.07, 6.45) is 0. The third kappa shape index (κ3) is 1.90. The summed E-state index contributed by atoms with van der Waals surface area (Å²) in [5, 5.41) is 0. The molecule has 0 amide bonds. The third-order valence-electron chi connectivity index (χ3n) is 3.30. The van der Waals surface area contributed by atoms with Gasteiger partial charge in [0.25, 0.3) is 0 Å². The van der Waals surface area contributed by atoms with Gasteiger partial charge in [-0.15, -0.1) is 0 Å². The highest BCUT2D eigenvalue weighted by atomic mass is 15.2. The quantitative estimate of drug-likeness (QED) is 0.777. The zero-order valence-electron chi connectivity index (χ0n) is 10.5. The van der Waals surface area contributed by atoms with E-state index in [1.165, 1.54) is 17.0 Å². The highest BCUT2D eigenvalue weighted by molar-refractivity contribution is 6.12. The fourth-order valence-electron chi connectivity index (χ4n) is 2.38. The molecular formula is C16H16N2. The zero-order valence-corrected chi connectivity index (χ0v) is 10.5. The van der Waals surface area contributed by atoms with Gasteiger partial charge in [0.2, 0.25) is 0 Å². The highest BCUT2D eigenvalue weighted by Gasteiger charge is 2.22. The Bertz CT molecular complexity index is 573. The Balaban J connectivity index is 2.03. The predicted molar refractivity (Wildman–Crippen MR) is 77.0 cm³/mol. The van der Waals surface area contributed by atoms with Crippen molar-refractivity contribution in [2.24, 2.45) is 4.99 Å². The monoisotopic (exact) mass is 236 g/mol. The van der Waals surface area contributed by atoms with Crippen LogP contribution in [-0.4, -0.2) is 18.8 Å². The zero-order chi connectivity index (χ0) is 12.4. The number of likely N-dealkylation sites (N-methyl/N-ethyl adjacent to an activating group) is 1. The van der Waals surface area contributed by atoms with Gasteiger partial charge >= 0.3 is 0 Å². The van der Waals surface area contributed by atoms with E-state index in [1.54, 1.807) is 0 Å². The molecule has 0 saturated carbocycles. The van der Waals surface area contributed by atoms with E-state index in [-0.39, 0.29) is 0 Å². The number of para-hydroxylation sites is 2. The second-order valence-corrected chi connectivity index (χ2v) is 4.43. The molecule has 2 aromatic carbocycles.